The highest BCUT2D eigenvalue weighted by atomic mass is 16.5. The number of rotatable bonds is 3. The molecule has 0 aromatic heterocycles. The summed E-state index contributed by atoms with van der Waals surface area (Å²) in [7, 11) is 0. The predicted octanol–water partition coefficient (Wildman–Crippen LogP) is 1.83. The van der Waals surface area contributed by atoms with E-state index in [9.17, 15) is 0 Å². The average Bonchev–Trinajstić information content (AvgIpc) is 2.70. The zero-order valence-corrected chi connectivity index (χ0v) is 9.54. The average molecular weight is 218 g/mol. The number of hydrogen-bond acceptors (Lipinski definition) is 2. The van der Waals surface area contributed by atoms with E-state index < -0.39 is 0 Å². The van der Waals surface area contributed by atoms with Crippen LogP contribution in [0.4, 0.5) is 0 Å². The van der Waals surface area contributed by atoms with Crippen molar-refractivity contribution in [2.45, 2.75) is 31.1 Å². The Morgan fingerprint density at radius 2 is 2.00 bits per heavy atom. The van der Waals surface area contributed by atoms with Crippen molar-refractivity contribution in [2.75, 3.05) is 19.8 Å². The Morgan fingerprint density at radius 1 is 1.19 bits per heavy atom. The molecule has 16 heavy (non-hydrogen) atoms. The van der Waals surface area contributed by atoms with Crippen LogP contribution in [0.5, 0.6) is 0 Å². The molecule has 1 heterocycles. The number of aliphatic hydroxyl groups is 1. The van der Waals surface area contributed by atoms with E-state index in [-0.39, 0.29) is 12.0 Å². The van der Waals surface area contributed by atoms with E-state index in [0.29, 0.717) is 0 Å². The fourth-order valence-electron chi connectivity index (χ4n) is 2.92. The van der Waals surface area contributed by atoms with Gasteiger partial charge in [-0.3, -0.25) is 0 Å². The quantitative estimate of drug-likeness (QED) is 0.838. The van der Waals surface area contributed by atoms with E-state index in [1.807, 2.05) is 0 Å². The van der Waals surface area contributed by atoms with Gasteiger partial charge in [0.15, 0.2) is 0 Å². The van der Waals surface area contributed by atoms with Gasteiger partial charge >= 0.3 is 0 Å². The van der Waals surface area contributed by atoms with Gasteiger partial charge in [0.25, 0.3) is 0 Å². The lowest BCUT2D eigenvalue weighted by Gasteiger charge is -2.42. The van der Waals surface area contributed by atoms with Gasteiger partial charge in [0.05, 0.1) is 13.2 Å². The van der Waals surface area contributed by atoms with E-state index in [0.717, 1.165) is 19.6 Å². The van der Waals surface area contributed by atoms with Gasteiger partial charge in [0, 0.05) is 12.0 Å². The van der Waals surface area contributed by atoms with Crippen molar-refractivity contribution in [3.05, 3.63) is 34.9 Å². The molecule has 0 atom stereocenters. The lowest BCUT2D eigenvalue weighted by Crippen LogP contribution is -2.47. The summed E-state index contributed by atoms with van der Waals surface area (Å²) in [6.45, 7) is 1.79. The maximum atomic E-state index is 9.17. The number of ether oxygens (including phenoxy) is 1. The summed E-state index contributed by atoms with van der Waals surface area (Å²) in [5, 5.41) is 9.17. The Morgan fingerprint density at radius 3 is 2.69 bits per heavy atom. The molecule has 1 saturated heterocycles. The van der Waals surface area contributed by atoms with Gasteiger partial charge in [0.1, 0.15) is 0 Å². The van der Waals surface area contributed by atoms with Gasteiger partial charge < -0.3 is 9.84 Å². The molecule has 0 spiro atoms. The molecule has 1 fully saturated rings. The van der Waals surface area contributed by atoms with Crippen LogP contribution in [0.3, 0.4) is 0 Å². The van der Waals surface area contributed by atoms with Gasteiger partial charge in [-0.25, -0.2) is 0 Å². The summed E-state index contributed by atoms with van der Waals surface area (Å²) in [5.74, 6) is 0. The summed E-state index contributed by atoms with van der Waals surface area (Å²) in [6, 6.07) is 6.86. The molecule has 0 saturated carbocycles. The molecule has 1 aromatic carbocycles. The largest absolute Gasteiger partial charge is 0.396 e. The summed E-state index contributed by atoms with van der Waals surface area (Å²) in [4.78, 5) is 0. The normalized spacial score (nSPS) is 21.6. The first-order valence-electron chi connectivity index (χ1n) is 6.15. The fourth-order valence-corrected chi connectivity index (χ4v) is 2.92. The third-order valence-corrected chi connectivity index (χ3v) is 4.06. The summed E-state index contributed by atoms with van der Waals surface area (Å²) < 4.78 is 5.35. The van der Waals surface area contributed by atoms with Crippen LogP contribution in [-0.2, 0) is 23.0 Å². The van der Waals surface area contributed by atoms with Gasteiger partial charge in [-0.05, 0) is 42.4 Å². The van der Waals surface area contributed by atoms with Crippen LogP contribution in [0.15, 0.2) is 18.2 Å². The second-order valence-corrected chi connectivity index (χ2v) is 5.08. The third kappa shape index (κ3) is 1.48. The van der Waals surface area contributed by atoms with Gasteiger partial charge in [-0.15, -0.1) is 0 Å². The SMILES string of the molecule is OCCC1(c2ccc3c(c2)CCC3)COC1. The summed E-state index contributed by atoms with van der Waals surface area (Å²) in [6.07, 6.45) is 4.58. The van der Waals surface area contributed by atoms with Crippen LogP contribution in [-0.4, -0.2) is 24.9 Å². The lowest BCUT2D eigenvalue weighted by molar-refractivity contribution is -0.0701. The van der Waals surface area contributed by atoms with E-state index in [1.54, 1.807) is 0 Å². The number of aliphatic hydroxyl groups excluding tert-OH is 1. The Balaban J connectivity index is 1.93. The predicted molar refractivity (Wildman–Crippen MR) is 62.7 cm³/mol. The highest BCUT2D eigenvalue weighted by molar-refractivity contribution is 5.39. The number of aryl methyl sites for hydroxylation is 2. The molecule has 0 bridgehead atoms. The van der Waals surface area contributed by atoms with Crippen molar-refractivity contribution < 1.29 is 9.84 Å². The van der Waals surface area contributed by atoms with Gasteiger partial charge in [-0.2, -0.15) is 0 Å². The molecule has 2 aliphatic rings. The number of hydrogen-bond donors (Lipinski definition) is 1. The molecular weight excluding hydrogens is 200 g/mol. The van der Waals surface area contributed by atoms with Crippen molar-refractivity contribution in [1.82, 2.24) is 0 Å². The van der Waals surface area contributed by atoms with Crippen LogP contribution in [0.25, 0.3) is 0 Å². The molecule has 86 valence electrons. The molecule has 1 aliphatic heterocycles. The minimum atomic E-state index is 0.104. The van der Waals surface area contributed by atoms with Crippen LogP contribution >= 0.6 is 0 Å². The Hall–Kier alpha value is -0.860. The Bertz CT molecular complexity index is 394. The van der Waals surface area contributed by atoms with E-state index in [2.05, 4.69) is 18.2 Å². The first-order valence-corrected chi connectivity index (χ1v) is 6.15. The lowest BCUT2D eigenvalue weighted by atomic mass is 9.75. The molecule has 1 aromatic rings. The van der Waals surface area contributed by atoms with Crippen molar-refractivity contribution in [1.29, 1.82) is 0 Å². The van der Waals surface area contributed by atoms with Crippen LogP contribution in [0.2, 0.25) is 0 Å². The number of benzene rings is 1. The van der Waals surface area contributed by atoms with Crippen LogP contribution in [0, 0.1) is 0 Å². The molecule has 0 radical (unpaired) electrons. The standard InChI is InChI=1S/C14H18O2/c15-7-6-14(9-16-10-14)13-5-4-11-2-1-3-12(11)8-13/h4-5,8,15H,1-3,6-7,9-10H2. The van der Waals surface area contributed by atoms with Gasteiger partial charge in [-0.1, -0.05) is 18.2 Å². The highest BCUT2D eigenvalue weighted by Gasteiger charge is 2.40. The third-order valence-electron chi connectivity index (χ3n) is 4.06. The first kappa shape index (κ1) is 10.3. The topological polar surface area (TPSA) is 29.5 Å². The maximum absolute atomic E-state index is 9.17. The molecular formula is C14H18O2. The molecule has 0 amide bonds. The second-order valence-electron chi connectivity index (χ2n) is 5.08. The zero-order chi connectivity index (χ0) is 11.0. The minimum absolute atomic E-state index is 0.104. The molecule has 3 rings (SSSR count). The Labute approximate surface area is 96.2 Å². The fraction of sp³-hybridized carbons (Fsp3) is 0.571. The van der Waals surface area contributed by atoms with E-state index in [4.69, 9.17) is 9.84 Å². The molecule has 2 heteroatoms. The number of fused-ring (bicyclic) bond motifs is 1. The van der Waals surface area contributed by atoms with E-state index >= 15 is 0 Å². The minimum Gasteiger partial charge on any atom is -0.396 e. The molecule has 1 aliphatic carbocycles. The van der Waals surface area contributed by atoms with Crippen molar-refractivity contribution in [3.63, 3.8) is 0 Å². The smallest absolute Gasteiger partial charge is 0.0586 e. The maximum Gasteiger partial charge on any atom is 0.0586 e. The summed E-state index contributed by atoms with van der Waals surface area (Å²) >= 11 is 0. The van der Waals surface area contributed by atoms with Gasteiger partial charge in [0.2, 0.25) is 0 Å². The molecule has 2 nitrogen and oxygen atoms in total. The van der Waals surface area contributed by atoms with Crippen LogP contribution in [0.1, 0.15) is 29.5 Å². The van der Waals surface area contributed by atoms with Crippen LogP contribution < -0.4 is 0 Å². The Kier molecular flexibility index (Phi) is 2.49. The van der Waals surface area contributed by atoms with E-state index in [1.165, 1.54) is 36.0 Å². The first-order chi connectivity index (χ1) is 7.84. The van der Waals surface area contributed by atoms with Crippen molar-refractivity contribution >= 4 is 0 Å². The monoisotopic (exact) mass is 218 g/mol. The summed E-state index contributed by atoms with van der Waals surface area (Å²) in [5.41, 5.74) is 4.50. The highest BCUT2D eigenvalue weighted by Crippen LogP contribution is 2.37. The van der Waals surface area contributed by atoms with Crippen molar-refractivity contribution in [3.8, 4) is 0 Å². The van der Waals surface area contributed by atoms with Crippen molar-refractivity contribution in [2.24, 2.45) is 0 Å². The molecule has 0 unspecified atom stereocenters. The second kappa shape index (κ2) is 3.86. The molecule has 1 N–H and O–H groups in total. The zero-order valence-electron chi connectivity index (χ0n) is 9.54.